The number of amides is 2. The SMILES string of the molecule is COCCCCOc1ccccc1C(=O)NCC(CC(N)C(O)CNC(=O)C(C)(C)[C@H]1CCCC[C@@H]1O)C(C)C. The van der Waals surface area contributed by atoms with Gasteiger partial charge in [-0.05, 0) is 62.0 Å². The van der Waals surface area contributed by atoms with Gasteiger partial charge in [-0.15, -0.1) is 0 Å². The van der Waals surface area contributed by atoms with E-state index in [1.807, 2.05) is 26.0 Å². The fourth-order valence-corrected chi connectivity index (χ4v) is 5.43. The van der Waals surface area contributed by atoms with Crippen LogP contribution in [0.3, 0.4) is 0 Å². The average molecular weight is 564 g/mol. The Hall–Kier alpha value is -2.20. The first-order chi connectivity index (χ1) is 19.0. The molecule has 0 aliphatic heterocycles. The number of carbonyl (C=O) groups excluding carboxylic acids is 2. The lowest BCUT2D eigenvalue weighted by atomic mass is 9.69. The summed E-state index contributed by atoms with van der Waals surface area (Å²) in [4.78, 5) is 26.0. The lowest BCUT2D eigenvalue weighted by Crippen LogP contribution is -2.51. The molecular weight excluding hydrogens is 510 g/mol. The zero-order valence-corrected chi connectivity index (χ0v) is 25.2. The molecule has 2 rings (SSSR count). The van der Waals surface area contributed by atoms with Gasteiger partial charge in [0.25, 0.3) is 5.91 Å². The molecule has 5 atom stereocenters. The van der Waals surface area contributed by atoms with E-state index >= 15 is 0 Å². The molecule has 0 radical (unpaired) electrons. The molecule has 2 amide bonds. The van der Waals surface area contributed by atoms with Crippen molar-refractivity contribution in [1.29, 1.82) is 0 Å². The predicted octanol–water partition coefficient (Wildman–Crippen LogP) is 3.27. The molecule has 228 valence electrons. The molecular formula is C31H53N3O6. The number of hydrogen-bond acceptors (Lipinski definition) is 7. The number of para-hydroxylation sites is 1. The maximum absolute atomic E-state index is 13.0. The Labute approximate surface area is 240 Å². The number of nitrogens with two attached hydrogens (primary N) is 1. The maximum Gasteiger partial charge on any atom is 0.255 e. The molecule has 1 aromatic rings. The first kappa shape index (κ1) is 34.0. The third kappa shape index (κ3) is 10.3. The van der Waals surface area contributed by atoms with Crippen LogP contribution in [-0.2, 0) is 9.53 Å². The van der Waals surface area contributed by atoms with Crippen LogP contribution in [0, 0.1) is 23.2 Å². The van der Waals surface area contributed by atoms with E-state index in [4.69, 9.17) is 15.2 Å². The van der Waals surface area contributed by atoms with Crippen LogP contribution in [0.2, 0.25) is 0 Å². The van der Waals surface area contributed by atoms with Gasteiger partial charge < -0.3 is 36.1 Å². The molecule has 40 heavy (non-hydrogen) atoms. The standard InChI is InChI=1S/C31H53N3O6/c1-21(2)22(19-33-29(37)23-12-6-9-15-28(23)40-17-11-10-16-39-5)18-25(32)27(36)20-34-30(38)31(3,4)24-13-7-8-14-26(24)35/h6,9,12,15,21-22,24-27,35-36H,7-8,10-11,13-14,16-20,32H2,1-5H3,(H,33,37)(H,34,38)/t22?,24-,25?,26-,27?/m0/s1. The van der Waals surface area contributed by atoms with Gasteiger partial charge in [-0.2, -0.15) is 0 Å². The summed E-state index contributed by atoms with van der Waals surface area (Å²) in [5.74, 6) is 0.285. The lowest BCUT2D eigenvalue weighted by Gasteiger charge is -2.39. The molecule has 1 aromatic carbocycles. The molecule has 0 saturated heterocycles. The number of aliphatic hydroxyl groups is 2. The molecule has 1 aliphatic carbocycles. The van der Waals surface area contributed by atoms with Crippen LogP contribution in [0.1, 0.15) is 83.0 Å². The van der Waals surface area contributed by atoms with Gasteiger partial charge in [0.2, 0.25) is 5.91 Å². The molecule has 0 heterocycles. The summed E-state index contributed by atoms with van der Waals surface area (Å²) in [6.07, 6.45) is 4.31. The van der Waals surface area contributed by atoms with Crippen molar-refractivity contribution < 1.29 is 29.3 Å². The van der Waals surface area contributed by atoms with Crippen LogP contribution >= 0.6 is 0 Å². The van der Waals surface area contributed by atoms with Gasteiger partial charge in [-0.25, -0.2) is 0 Å². The number of rotatable bonds is 17. The summed E-state index contributed by atoms with van der Waals surface area (Å²) in [6, 6.07) is 6.62. The van der Waals surface area contributed by atoms with Gasteiger partial charge in [0.05, 0.1) is 24.4 Å². The van der Waals surface area contributed by atoms with Crippen molar-refractivity contribution in [3.05, 3.63) is 29.8 Å². The smallest absolute Gasteiger partial charge is 0.255 e. The van der Waals surface area contributed by atoms with E-state index in [1.54, 1.807) is 19.2 Å². The molecule has 6 N–H and O–H groups in total. The first-order valence-electron chi connectivity index (χ1n) is 14.9. The highest BCUT2D eigenvalue weighted by atomic mass is 16.5. The van der Waals surface area contributed by atoms with Crippen LogP contribution in [0.15, 0.2) is 24.3 Å². The summed E-state index contributed by atoms with van der Waals surface area (Å²) < 4.78 is 10.9. The third-order valence-corrected chi connectivity index (χ3v) is 8.38. The average Bonchev–Trinajstić information content (AvgIpc) is 2.93. The number of carbonyl (C=O) groups is 2. The molecule has 0 aromatic heterocycles. The first-order valence-corrected chi connectivity index (χ1v) is 14.9. The number of ether oxygens (including phenoxy) is 2. The van der Waals surface area contributed by atoms with Gasteiger partial charge in [0.15, 0.2) is 0 Å². The molecule has 3 unspecified atom stereocenters. The summed E-state index contributed by atoms with van der Waals surface area (Å²) in [5.41, 5.74) is 6.11. The molecule has 0 bridgehead atoms. The Bertz CT molecular complexity index is 909. The number of benzene rings is 1. The Balaban J connectivity index is 1.87. The van der Waals surface area contributed by atoms with Crippen molar-refractivity contribution in [2.75, 3.05) is 33.4 Å². The van der Waals surface area contributed by atoms with E-state index < -0.39 is 23.7 Å². The summed E-state index contributed by atoms with van der Waals surface area (Å²) >= 11 is 0. The quantitative estimate of drug-likeness (QED) is 0.183. The zero-order valence-electron chi connectivity index (χ0n) is 25.2. The van der Waals surface area contributed by atoms with Crippen molar-refractivity contribution in [3.8, 4) is 5.75 Å². The molecule has 0 spiro atoms. The van der Waals surface area contributed by atoms with Crippen molar-refractivity contribution in [1.82, 2.24) is 10.6 Å². The summed E-state index contributed by atoms with van der Waals surface area (Å²) in [5, 5.41) is 27.1. The van der Waals surface area contributed by atoms with Gasteiger partial charge in [-0.1, -0.05) is 52.7 Å². The Morgan fingerprint density at radius 1 is 1.07 bits per heavy atom. The minimum Gasteiger partial charge on any atom is -0.493 e. The molecule has 1 fully saturated rings. The fourth-order valence-electron chi connectivity index (χ4n) is 5.43. The fraction of sp³-hybridized carbons (Fsp3) is 0.742. The normalized spacial score (nSPS) is 20.0. The highest BCUT2D eigenvalue weighted by molar-refractivity contribution is 5.96. The summed E-state index contributed by atoms with van der Waals surface area (Å²) in [7, 11) is 1.67. The monoisotopic (exact) mass is 563 g/mol. The number of hydrogen-bond donors (Lipinski definition) is 5. The van der Waals surface area contributed by atoms with E-state index in [0.29, 0.717) is 37.5 Å². The molecule has 1 aliphatic rings. The van der Waals surface area contributed by atoms with Crippen LogP contribution in [-0.4, -0.2) is 73.7 Å². The number of nitrogens with one attached hydrogen (secondary N) is 2. The highest BCUT2D eigenvalue weighted by Gasteiger charge is 2.41. The minimum absolute atomic E-state index is 0.0280. The van der Waals surface area contributed by atoms with Crippen LogP contribution in [0.4, 0.5) is 0 Å². The number of unbranched alkanes of at least 4 members (excludes halogenated alkanes) is 1. The van der Waals surface area contributed by atoms with E-state index in [1.165, 1.54) is 0 Å². The van der Waals surface area contributed by atoms with E-state index in [0.717, 1.165) is 38.5 Å². The minimum atomic E-state index is -0.930. The van der Waals surface area contributed by atoms with Crippen molar-refractivity contribution in [3.63, 3.8) is 0 Å². The Morgan fingerprint density at radius 3 is 2.42 bits per heavy atom. The number of aliphatic hydroxyl groups excluding tert-OH is 2. The van der Waals surface area contributed by atoms with Crippen molar-refractivity contribution in [2.45, 2.75) is 90.9 Å². The second-order valence-corrected chi connectivity index (χ2v) is 12.1. The van der Waals surface area contributed by atoms with Gasteiger partial charge >= 0.3 is 0 Å². The van der Waals surface area contributed by atoms with Crippen LogP contribution in [0.25, 0.3) is 0 Å². The predicted molar refractivity (Wildman–Crippen MR) is 157 cm³/mol. The lowest BCUT2D eigenvalue weighted by molar-refractivity contribution is -0.137. The maximum atomic E-state index is 13.0. The topological polar surface area (TPSA) is 143 Å². The third-order valence-electron chi connectivity index (χ3n) is 8.38. The summed E-state index contributed by atoms with van der Waals surface area (Å²) in [6.45, 7) is 9.46. The molecule has 1 saturated carbocycles. The second-order valence-electron chi connectivity index (χ2n) is 12.1. The van der Waals surface area contributed by atoms with Gasteiger partial charge in [0, 0.05) is 38.3 Å². The zero-order chi connectivity index (χ0) is 29.7. The van der Waals surface area contributed by atoms with Gasteiger partial charge in [0.1, 0.15) is 5.75 Å². The molecule has 9 nitrogen and oxygen atoms in total. The van der Waals surface area contributed by atoms with E-state index in [-0.39, 0.29) is 36.1 Å². The van der Waals surface area contributed by atoms with Crippen molar-refractivity contribution >= 4 is 11.8 Å². The van der Waals surface area contributed by atoms with Gasteiger partial charge in [-0.3, -0.25) is 9.59 Å². The van der Waals surface area contributed by atoms with Crippen LogP contribution in [0.5, 0.6) is 5.75 Å². The highest BCUT2D eigenvalue weighted by Crippen LogP contribution is 2.38. The second kappa shape index (κ2) is 16.9. The van der Waals surface area contributed by atoms with Crippen molar-refractivity contribution in [2.24, 2.45) is 28.9 Å². The Kier molecular flexibility index (Phi) is 14.4. The largest absolute Gasteiger partial charge is 0.493 e. The Morgan fingerprint density at radius 2 is 1.75 bits per heavy atom. The van der Waals surface area contributed by atoms with E-state index in [9.17, 15) is 19.8 Å². The van der Waals surface area contributed by atoms with Crippen LogP contribution < -0.4 is 21.1 Å². The molecule has 9 heteroatoms. The van der Waals surface area contributed by atoms with E-state index in [2.05, 4.69) is 24.5 Å². The number of methoxy groups -OCH3 is 1.